The van der Waals surface area contributed by atoms with E-state index in [-0.39, 0.29) is 0 Å². The Kier molecular flexibility index (Phi) is 6.49. The second kappa shape index (κ2) is 12.1. The largest absolute Gasteiger partial charge is 0.309 e. The molecule has 0 atom stereocenters. The van der Waals surface area contributed by atoms with Gasteiger partial charge in [0.15, 0.2) is 5.82 Å². The van der Waals surface area contributed by atoms with Gasteiger partial charge in [0.05, 0.1) is 49.8 Å². The number of benzene rings is 9. The molecule has 0 saturated heterocycles. The first-order valence-electron chi connectivity index (χ1n) is 20.8. The lowest BCUT2D eigenvalue weighted by atomic mass is 9.94. The van der Waals surface area contributed by atoms with Gasteiger partial charge in [-0.1, -0.05) is 140 Å². The predicted octanol–water partition coefficient (Wildman–Crippen LogP) is 14.2. The van der Waals surface area contributed by atoms with Crippen molar-refractivity contribution < 1.29 is 0 Å². The van der Waals surface area contributed by atoms with Crippen molar-refractivity contribution in [1.82, 2.24) is 23.7 Å². The number of aromatic nitrogens is 5. The average molecular weight is 776 g/mol. The quantitative estimate of drug-likeness (QED) is 0.179. The lowest BCUT2D eigenvalue weighted by Crippen LogP contribution is -2.04. The molecule has 1 aliphatic heterocycles. The lowest BCUT2D eigenvalue weighted by molar-refractivity contribution is 1.08. The third kappa shape index (κ3) is 4.44. The molecule has 1 aliphatic rings. The van der Waals surface area contributed by atoms with Gasteiger partial charge in [-0.2, -0.15) is 0 Å². The third-order valence-corrected chi connectivity index (χ3v) is 13.0. The molecule has 0 fully saturated rings. The smallest absolute Gasteiger partial charge is 0.165 e. The van der Waals surface area contributed by atoms with Gasteiger partial charge in [0, 0.05) is 54.7 Å². The van der Waals surface area contributed by atoms with Gasteiger partial charge >= 0.3 is 0 Å². The summed E-state index contributed by atoms with van der Waals surface area (Å²) >= 11 is 0. The number of nitrogens with zero attached hydrogens (tertiary/aromatic N) is 5. The van der Waals surface area contributed by atoms with E-state index < -0.39 is 0 Å². The van der Waals surface area contributed by atoms with Gasteiger partial charge in [-0.3, -0.25) is 4.57 Å². The zero-order chi connectivity index (χ0) is 39.8. The first-order chi connectivity index (χ1) is 30.3. The molecule has 282 valence electrons. The van der Waals surface area contributed by atoms with Crippen molar-refractivity contribution in [2.45, 2.75) is 0 Å². The Morgan fingerprint density at radius 2 is 0.852 bits per heavy atom. The van der Waals surface area contributed by atoms with E-state index in [2.05, 4.69) is 202 Å². The van der Waals surface area contributed by atoms with Gasteiger partial charge in [-0.05, 0) is 71.8 Å². The van der Waals surface area contributed by atoms with Crippen LogP contribution in [0.1, 0.15) is 0 Å². The van der Waals surface area contributed by atoms with Crippen LogP contribution in [-0.4, -0.2) is 23.7 Å². The van der Waals surface area contributed by atoms with Crippen LogP contribution < -0.4 is 0 Å². The Bertz CT molecular complexity index is 4000. The molecule has 0 N–H and O–H groups in total. The molecule has 0 bridgehead atoms. The molecule has 0 amide bonds. The monoisotopic (exact) mass is 775 g/mol. The highest BCUT2D eigenvalue weighted by Gasteiger charge is 2.27. The first-order valence-corrected chi connectivity index (χ1v) is 20.8. The lowest BCUT2D eigenvalue weighted by Gasteiger charge is -2.15. The Hall–Kier alpha value is -8.28. The van der Waals surface area contributed by atoms with Crippen LogP contribution in [0.2, 0.25) is 0 Å². The third-order valence-electron chi connectivity index (χ3n) is 13.0. The molecule has 5 heterocycles. The van der Waals surface area contributed by atoms with Crippen molar-refractivity contribution in [1.29, 1.82) is 0 Å². The summed E-state index contributed by atoms with van der Waals surface area (Å²) in [7, 11) is 0. The molecule has 0 radical (unpaired) electrons. The summed E-state index contributed by atoms with van der Waals surface area (Å²) in [6, 6.07) is 72.4. The van der Waals surface area contributed by atoms with Crippen LogP contribution in [0, 0.1) is 0 Å². The Morgan fingerprint density at radius 1 is 0.311 bits per heavy atom. The highest BCUT2D eigenvalue weighted by Crippen LogP contribution is 2.48. The summed E-state index contributed by atoms with van der Waals surface area (Å²) in [6.07, 6.45) is 0. The van der Waals surface area contributed by atoms with Gasteiger partial charge in [0.2, 0.25) is 0 Å². The van der Waals surface area contributed by atoms with Gasteiger partial charge in [-0.15, -0.1) is 0 Å². The number of hydrogen-bond acceptors (Lipinski definition) is 2. The van der Waals surface area contributed by atoms with Crippen molar-refractivity contribution in [3.05, 3.63) is 200 Å². The van der Waals surface area contributed by atoms with Crippen LogP contribution in [0.5, 0.6) is 0 Å². The average Bonchev–Trinajstić information content (AvgIpc) is 3.92. The summed E-state index contributed by atoms with van der Waals surface area (Å²) in [6.45, 7) is 0. The van der Waals surface area contributed by atoms with E-state index in [0.717, 1.165) is 50.3 Å². The van der Waals surface area contributed by atoms with Crippen molar-refractivity contribution in [3.63, 3.8) is 0 Å². The van der Waals surface area contributed by atoms with Crippen LogP contribution in [0.4, 0.5) is 0 Å². The summed E-state index contributed by atoms with van der Waals surface area (Å²) in [5, 5.41) is 7.18. The Labute approximate surface area is 349 Å². The van der Waals surface area contributed by atoms with Gasteiger partial charge in [0.25, 0.3) is 0 Å². The number of fused-ring (bicyclic) bond motifs is 15. The molecular weight excluding hydrogens is 743 g/mol. The predicted molar refractivity (Wildman–Crippen MR) is 252 cm³/mol. The molecule has 5 nitrogen and oxygen atoms in total. The number of hydrogen-bond donors (Lipinski definition) is 0. The molecule has 0 saturated carbocycles. The minimum absolute atomic E-state index is 0.802. The molecule has 9 aromatic carbocycles. The van der Waals surface area contributed by atoms with Crippen molar-refractivity contribution in [3.8, 4) is 50.7 Å². The van der Waals surface area contributed by atoms with Gasteiger partial charge < -0.3 is 9.13 Å². The van der Waals surface area contributed by atoms with E-state index in [1.54, 1.807) is 0 Å². The van der Waals surface area contributed by atoms with Crippen LogP contribution >= 0.6 is 0 Å². The normalized spacial score (nSPS) is 12.3. The fourth-order valence-electron chi connectivity index (χ4n) is 10.4. The molecule has 0 unspecified atom stereocenters. The minimum atomic E-state index is 0.802. The summed E-state index contributed by atoms with van der Waals surface area (Å²) in [5.74, 6) is 0.802. The molecule has 61 heavy (non-hydrogen) atoms. The van der Waals surface area contributed by atoms with E-state index >= 15 is 0 Å². The summed E-state index contributed by atoms with van der Waals surface area (Å²) in [5.41, 5.74) is 17.7. The first kappa shape index (κ1) is 32.7. The molecule has 0 spiro atoms. The van der Waals surface area contributed by atoms with Gasteiger partial charge in [-0.25, -0.2) is 9.97 Å². The van der Waals surface area contributed by atoms with Crippen LogP contribution in [-0.2, 0) is 0 Å². The second-order valence-corrected chi connectivity index (χ2v) is 16.1. The molecule has 13 aromatic rings. The van der Waals surface area contributed by atoms with E-state index in [1.807, 2.05) is 12.1 Å². The maximum absolute atomic E-state index is 5.54. The molecular formula is C56H33N5. The zero-order valence-electron chi connectivity index (χ0n) is 32.8. The van der Waals surface area contributed by atoms with Crippen LogP contribution in [0.15, 0.2) is 200 Å². The van der Waals surface area contributed by atoms with Gasteiger partial charge in [0.1, 0.15) is 5.69 Å². The minimum Gasteiger partial charge on any atom is -0.309 e. The Balaban J connectivity index is 1.10. The zero-order valence-corrected chi connectivity index (χ0v) is 32.8. The van der Waals surface area contributed by atoms with E-state index in [4.69, 9.17) is 9.97 Å². The molecule has 14 rings (SSSR count). The van der Waals surface area contributed by atoms with E-state index in [1.165, 1.54) is 76.8 Å². The SMILES string of the molecule is c1ccc(-n2c3ccccc3c3ccc(-c4nc5ccccc5nc4-n4c5ccccc5c5cc6c(cc54)c4cccc5c4n6-c4ccccc4-c4ccccc4-5)cc32)cc1. The fourth-order valence-corrected chi connectivity index (χ4v) is 10.4. The van der Waals surface area contributed by atoms with Crippen LogP contribution in [0.25, 0.3) is 127 Å². The standard InChI is InChI=1S/C56H33N5/c1-2-15-35(16-3-1)59-48-26-11-7-20-39(48)41-30-29-34(31-51(41)59)54-56(58-47-25-10-9-24-46(47)57-54)61-50-28-13-8-21-40(50)44-32-52-45(33-53(44)61)43-23-14-22-42-37-18-5-4-17-36(37)38-19-6-12-27-49(38)60(52)55(42)43/h1-33H. The maximum Gasteiger partial charge on any atom is 0.165 e. The van der Waals surface area contributed by atoms with E-state index in [9.17, 15) is 0 Å². The molecule has 5 heteroatoms. The summed E-state index contributed by atoms with van der Waals surface area (Å²) in [4.78, 5) is 11.0. The van der Waals surface area contributed by atoms with Crippen molar-refractivity contribution >= 4 is 76.5 Å². The summed E-state index contributed by atoms with van der Waals surface area (Å²) < 4.78 is 7.23. The molecule has 4 aromatic heterocycles. The maximum atomic E-state index is 5.54. The molecule has 0 aliphatic carbocycles. The van der Waals surface area contributed by atoms with Crippen molar-refractivity contribution in [2.75, 3.05) is 0 Å². The van der Waals surface area contributed by atoms with E-state index in [0.29, 0.717) is 0 Å². The Morgan fingerprint density at radius 3 is 1.66 bits per heavy atom. The highest BCUT2D eigenvalue weighted by atomic mass is 15.1. The van der Waals surface area contributed by atoms with Crippen LogP contribution in [0.3, 0.4) is 0 Å². The number of para-hydroxylation sites is 7. The number of rotatable bonds is 3. The van der Waals surface area contributed by atoms with Crippen molar-refractivity contribution in [2.24, 2.45) is 0 Å². The fraction of sp³-hybridized carbons (Fsp3) is 0. The second-order valence-electron chi connectivity index (χ2n) is 16.1. The highest BCUT2D eigenvalue weighted by molar-refractivity contribution is 6.22. The topological polar surface area (TPSA) is 40.6 Å².